The van der Waals surface area contributed by atoms with E-state index in [4.69, 9.17) is 0 Å². The number of halogens is 1. The lowest BCUT2D eigenvalue weighted by atomic mass is 9.91. The van der Waals surface area contributed by atoms with Crippen LogP contribution < -0.4 is 0 Å². The monoisotopic (exact) mass is 237 g/mol. The van der Waals surface area contributed by atoms with Crippen LogP contribution in [0.5, 0.6) is 0 Å². The van der Waals surface area contributed by atoms with Crippen molar-refractivity contribution in [2.45, 2.75) is 6.92 Å². The number of allylic oxidation sites excluding steroid dienone is 4. The molecule has 0 aromatic heterocycles. The number of fused-ring (bicyclic) bond motifs is 1. The summed E-state index contributed by atoms with van der Waals surface area (Å²) in [6, 6.07) is 0. The van der Waals surface area contributed by atoms with Gasteiger partial charge in [0, 0.05) is 4.48 Å². The maximum atomic E-state index is 11.5. The molecule has 0 fully saturated rings. The molecule has 1 amide bonds. The first-order chi connectivity index (χ1) is 6.20. The second kappa shape index (κ2) is 3.07. The van der Waals surface area contributed by atoms with Crippen molar-refractivity contribution in [3.05, 3.63) is 34.4 Å². The van der Waals surface area contributed by atoms with Crippen molar-refractivity contribution in [2.75, 3.05) is 0 Å². The quantitative estimate of drug-likeness (QED) is 0.637. The van der Waals surface area contributed by atoms with Gasteiger partial charge < -0.3 is 0 Å². The van der Waals surface area contributed by atoms with Crippen LogP contribution in [0.3, 0.4) is 0 Å². The van der Waals surface area contributed by atoms with Gasteiger partial charge in [0.25, 0.3) is 5.91 Å². The van der Waals surface area contributed by atoms with Crippen LogP contribution >= 0.6 is 15.9 Å². The first-order valence-corrected chi connectivity index (χ1v) is 4.83. The topological polar surface area (TPSA) is 29.4 Å². The molecule has 2 aliphatic rings. The van der Waals surface area contributed by atoms with Gasteiger partial charge in [0.15, 0.2) is 0 Å². The minimum Gasteiger partial charge on any atom is -0.272 e. The maximum absolute atomic E-state index is 11.5. The Hall–Kier alpha value is -0.960. The number of hydrogen-bond donors (Lipinski definition) is 0. The Morgan fingerprint density at radius 3 is 3.00 bits per heavy atom. The lowest BCUT2D eigenvalue weighted by molar-refractivity contribution is -0.119. The molecule has 0 bridgehead atoms. The van der Waals surface area contributed by atoms with E-state index in [2.05, 4.69) is 20.9 Å². The molecule has 0 spiro atoms. The fraction of sp³-hybridized carbons (Fsp3) is 0.200. The smallest absolute Gasteiger partial charge is 0.257 e. The lowest BCUT2D eigenvalue weighted by Crippen LogP contribution is -2.21. The van der Waals surface area contributed by atoms with Crippen LogP contribution in [0.2, 0.25) is 0 Å². The van der Waals surface area contributed by atoms with Crippen molar-refractivity contribution in [1.82, 2.24) is 0 Å². The van der Waals surface area contributed by atoms with E-state index in [1.807, 2.05) is 31.2 Å². The Morgan fingerprint density at radius 1 is 1.46 bits per heavy atom. The van der Waals surface area contributed by atoms with E-state index in [9.17, 15) is 4.79 Å². The average molecular weight is 238 g/mol. The first kappa shape index (κ1) is 8.63. The summed E-state index contributed by atoms with van der Waals surface area (Å²) >= 11 is 3.43. The summed E-state index contributed by atoms with van der Waals surface area (Å²) in [6.45, 7) is 1.83. The molecule has 2 nitrogen and oxygen atoms in total. The molecule has 3 heteroatoms. The second-order valence-corrected chi connectivity index (χ2v) is 3.82. The third-order valence-corrected chi connectivity index (χ3v) is 3.17. The molecule has 1 atom stereocenters. The zero-order chi connectivity index (χ0) is 9.42. The SMILES string of the molecule is CC1=NC(=O)C2C=CC=CC2=C1Br. The molecule has 0 saturated carbocycles. The van der Waals surface area contributed by atoms with Crippen molar-refractivity contribution in [2.24, 2.45) is 10.9 Å². The van der Waals surface area contributed by atoms with Crippen LogP contribution in [0.25, 0.3) is 0 Å². The van der Waals surface area contributed by atoms with Gasteiger partial charge in [-0.3, -0.25) is 4.79 Å². The molecule has 1 heterocycles. The number of carbonyl (C=O) groups excluding carboxylic acids is 1. The normalized spacial score (nSPS) is 26.2. The number of nitrogens with zero attached hydrogens (tertiary/aromatic N) is 1. The Kier molecular flexibility index (Phi) is 2.04. The highest BCUT2D eigenvalue weighted by Gasteiger charge is 2.26. The van der Waals surface area contributed by atoms with Crippen LogP contribution in [0, 0.1) is 5.92 Å². The molecule has 13 heavy (non-hydrogen) atoms. The van der Waals surface area contributed by atoms with E-state index >= 15 is 0 Å². The van der Waals surface area contributed by atoms with Crippen LogP contribution in [0.1, 0.15) is 6.92 Å². The van der Waals surface area contributed by atoms with E-state index in [0.29, 0.717) is 0 Å². The zero-order valence-corrected chi connectivity index (χ0v) is 8.71. The van der Waals surface area contributed by atoms with E-state index in [1.54, 1.807) is 0 Å². The number of aliphatic imine (C=N–C) groups is 1. The number of dihydropyridines is 1. The summed E-state index contributed by atoms with van der Waals surface area (Å²) in [5.41, 5.74) is 1.77. The molecule has 2 rings (SSSR count). The predicted octanol–water partition coefficient (Wildman–Crippen LogP) is 2.38. The van der Waals surface area contributed by atoms with Crippen molar-refractivity contribution in [3.63, 3.8) is 0 Å². The summed E-state index contributed by atoms with van der Waals surface area (Å²) in [5, 5.41) is 0. The number of hydrogen-bond acceptors (Lipinski definition) is 1. The summed E-state index contributed by atoms with van der Waals surface area (Å²) in [7, 11) is 0. The van der Waals surface area contributed by atoms with Crippen molar-refractivity contribution < 1.29 is 4.79 Å². The van der Waals surface area contributed by atoms with Gasteiger partial charge in [-0.15, -0.1) is 0 Å². The van der Waals surface area contributed by atoms with Crippen LogP contribution in [0.15, 0.2) is 39.4 Å². The van der Waals surface area contributed by atoms with Crippen molar-refractivity contribution in [3.8, 4) is 0 Å². The number of rotatable bonds is 0. The van der Waals surface area contributed by atoms with Gasteiger partial charge in [-0.05, 0) is 28.4 Å². The third-order valence-electron chi connectivity index (χ3n) is 2.14. The summed E-state index contributed by atoms with van der Waals surface area (Å²) in [4.78, 5) is 15.4. The van der Waals surface area contributed by atoms with Gasteiger partial charge in [0.2, 0.25) is 0 Å². The maximum Gasteiger partial charge on any atom is 0.257 e. The zero-order valence-electron chi connectivity index (χ0n) is 7.12. The standard InChI is InChI=1S/C10H8BrNO/c1-6-9(11)7-4-2-3-5-8(7)10(13)12-6/h2-5,8H,1H3. The Labute approximate surface area is 84.9 Å². The minimum absolute atomic E-state index is 0.0729. The van der Waals surface area contributed by atoms with Crippen molar-refractivity contribution >= 4 is 27.5 Å². The Morgan fingerprint density at radius 2 is 2.23 bits per heavy atom. The van der Waals surface area contributed by atoms with Crippen LogP contribution in [-0.4, -0.2) is 11.6 Å². The fourth-order valence-corrected chi connectivity index (χ4v) is 1.93. The van der Waals surface area contributed by atoms with Crippen LogP contribution in [-0.2, 0) is 4.79 Å². The first-order valence-electron chi connectivity index (χ1n) is 4.04. The number of amides is 1. The molecule has 0 N–H and O–H groups in total. The predicted molar refractivity (Wildman–Crippen MR) is 55.8 cm³/mol. The summed E-state index contributed by atoms with van der Waals surface area (Å²) in [5.74, 6) is -0.251. The summed E-state index contributed by atoms with van der Waals surface area (Å²) in [6.07, 6.45) is 7.63. The Bertz CT molecular complexity index is 388. The van der Waals surface area contributed by atoms with E-state index in [0.717, 1.165) is 15.8 Å². The van der Waals surface area contributed by atoms with E-state index in [-0.39, 0.29) is 11.8 Å². The number of carbonyl (C=O) groups is 1. The molecule has 0 aromatic carbocycles. The molecule has 0 radical (unpaired) electrons. The van der Waals surface area contributed by atoms with Gasteiger partial charge >= 0.3 is 0 Å². The highest BCUT2D eigenvalue weighted by molar-refractivity contribution is 9.12. The van der Waals surface area contributed by atoms with Gasteiger partial charge in [-0.25, -0.2) is 4.99 Å². The molecular weight excluding hydrogens is 230 g/mol. The lowest BCUT2D eigenvalue weighted by Gasteiger charge is -2.20. The van der Waals surface area contributed by atoms with E-state index in [1.165, 1.54) is 0 Å². The largest absolute Gasteiger partial charge is 0.272 e. The highest BCUT2D eigenvalue weighted by Crippen LogP contribution is 2.30. The molecule has 1 aliphatic carbocycles. The molecule has 1 aliphatic heterocycles. The van der Waals surface area contributed by atoms with Crippen LogP contribution in [0.4, 0.5) is 0 Å². The van der Waals surface area contributed by atoms with Gasteiger partial charge in [-0.1, -0.05) is 24.3 Å². The molecular formula is C10H8BrNO. The molecule has 66 valence electrons. The molecule has 0 aromatic rings. The molecule has 1 unspecified atom stereocenters. The summed E-state index contributed by atoms with van der Waals surface area (Å²) < 4.78 is 0.942. The van der Waals surface area contributed by atoms with Crippen molar-refractivity contribution in [1.29, 1.82) is 0 Å². The van der Waals surface area contributed by atoms with Gasteiger partial charge in [-0.2, -0.15) is 0 Å². The third kappa shape index (κ3) is 1.33. The Balaban J connectivity index is 2.55. The second-order valence-electron chi connectivity index (χ2n) is 3.03. The van der Waals surface area contributed by atoms with E-state index < -0.39 is 0 Å². The van der Waals surface area contributed by atoms with Gasteiger partial charge in [0.1, 0.15) is 0 Å². The minimum atomic E-state index is -0.178. The highest BCUT2D eigenvalue weighted by atomic mass is 79.9. The van der Waals surface area contributed by atoms with Gasteiger partial charge in [0.05, 0.1) is 11.6 Å². The average Bonchev–Trinajstić information content (AvgIpc) is 2.15. The fourth-order valence-electron chi connectivity index (χ4n) is 1.46. The molecule has 0 saturated heterocycles.